The maximum atomic E-state index is 12.5. The Morgan fingerprint density at radius 1 is 1.50 bits per heavy atom. The second-order valence-electron chi connectivity index (χ2n) is 5.23. The molecule has 3 heteroatoms. The van der Waals surface area contributed by atoms with Crippen LogP contribution in [0.25, 0.3) is 0 Å². The van der Waals surface area contributed by atoms with E-state index in [9.17, 15) is 4.79 Å². The number of carbonyl (C=O) groups is 1. The number of benzene rings is 1. The molecule has 1 aromatic carbocycles. The molecule has 0 spiro atoms. The van der Waals surface area contributed by atoms with E-state index >= 15 is 0 Å². The highest BCUT2D eigenvalue weighted by molar-refractivity contribution is 6.30. The maximum absolute atomic E-state index is 12.5. The molecule has 2 nitrogen and oxygen atoms in total. The average Bonchev–Trinajstić information content (AvgIpc) is 2.27. The first kappa shape index (κ1) is 13.4. The summed E-state index contributed by atoms with van der Waals surface area (Å²) in [6, 6.07) is 7.95. The van der Waals surface area contributed by atoms with E-state index in [4.69, 9.17) is 11.6 Å². The average molecular weight is 266 g/mol. The van der Waals surface area contributed by atoms with Crippen LogP contribution in [0, 0.1) is 0 Å². The van der Waals surface area contributed by atoms with E-state index in [0.717, 1.165) is 31.2 Å². The molecule has 1 unspecified atom stereocenters. The summed E-state index contributed by atoms with van der Waals surface area (Å²) in [5.41, 5.74) is 0.718. The van der Waals surface area contributed by atoms with Crippen LogP contribution in [0.3, 0.4) is 0 Å². The molecule has 1 aliphatic rings. The molecular weight excluding hydrogens is 246 g/mol. The summed E-state index contributed by atoms with van der Waals surface area (Å²) in [5.74, 6) is 0.158. The standard InChI is InChI=1S/C15H20ClNO/c1-3-11(2)17-14(18)15(8-5-9-15)12-6-4-7-13(16)10-12/h4,6-7,10-11H,3,5,8-9H2,1-2H3,(H,17,18). The Bertz CT molecular complexity index is 440. The van der Waals surface area contributed by atoms with Gasteiger partial charge in [0.25, 0.3) is 0 Å². The number of hydrogen-bond donors (Lipinski definition) is 1. The van der Waals surface area contributed by atoms with E-state index in [2.05, 4.69) is 12.2 Å². The second-order valence-corrected chi connectivity index (χ2v) is 5.67. The van der Waals surface area contributed by atoms with E-state index in [1.165, 1.54) is 0 Å². The van der Waals surface area contributed by atoms with E-state index in [1.54, 1.807) is 0 Å². The molecule has 1 saturated carbocycles. The molecule has 1 fully saturated rings. The van der Waals surface area contributed by atoms with Crippen molar-refractivity contribution in [2.24, 2.45) is 0 Å². The lowest BCUT2D eigenvalue weighted by atomic mass is 9.63. The Kier molecular flexibility index (Phi) is 3.96. The number of carbonyl (C=O) groups excluding carboxylic acids is 1. The molecule has 0 saturated heterocycles. The van der Waals surface area contributed by atoms with Gasteiger partial charge >= 0.3 is 0 Å². The third-order valence-electron chi connectivity index (χ3n) is 4.01. The van der Waals surface area contributed by atoms with Gasteiger partial charge < -0.3 is 5.32 Å². The van der Waals surface area contributed by atoms with Crippen molar-refractivity contribution in [3.8, 4) is 0 Å². The minimum absolute atomic E-state index is 0.158. The number of amides is 1. The summed E-state index contributed by atoms with van der Waals surface area (Å²) in [7, 11) is 0. The first-order valence-corrected chi connectivity index (χ1v) is 7.03. The summed E-state index contributed by atoms with van der Waals surface area (Å²) >= 11 is 6.04. The van der Waals surface area contributed by atoms with Crippen molar-refractivity contribution in [2.45, 2.75) is 51.0 Å². The molecule has 0 radical (unpaired) electrons. The monoisotopic (exact) mass is 265 g/mol. The molecule has 1 atom stereocenters. The van der Waals surface area contributed by atoms with Crippen LogP contribution in [0.15, 0.2) is 24.3 Å². The molecule has 0 heterocycles. The highest BCUT2D eigenvalue weighted by Gasteiger charge is 2.45. The zero-order valence-electron chi connectivity index (χ0n) is 11.0. The predicted molar refractivity (Wildman–Crippen MR) is 74.9 cm³/mol. The largest absolute Gasteiger partial charge is 0.353 e. The lowest BCUT2D eigenvalue weighted by molar-refractivity contribution is -0.130. The molecule has 1 N–H and O–H groups in total. The zero-order valence-corrected chi connectivity index (χ0v) is 11.8. The van der Waals surface area contributed by atoms with Gasteiger partial charge in [0.15, 0.2) is 0 Å². The van der Waals surface area contributed by atoms with Crippen LogP contribution < -0.4 is 5.32 Å². The van der Waals surface area contributed by atoms with Crippen LogP contribution >= 0.6 is 11.6 Å². The van der Waals surface area contributed by atoms with Crippen molar-refractivity contribution in [1.29, 1.82) is 0 Å². The fourth-order valence-electron chi connectivity index (χ4n) is 2.43. The Morgan fingerprint density at radius 2 is 2.22 bits per heavy atom. The third kappa shape index (κ3) is 2.39. The predicted octanol–water partition coefficient (Wildman–Crippen LogP) is 3.68. The smallest absolute Gasteiger partial charge is 0.230 e. The van der Waals surface area contributed by atoms with Crippen LogP contribution in [0.4, 0.5) is 0 Å². The third-order valence-corrected chi connectivity index (χ3v) is 4.24. The van der Waals surface area contributed by atoms with Crippen LogP contribution in [-0.4, -0.2) is 11.9 Å². The van der Waals surface area contributed by atoms with Crippen LogP contribution in [0.1, 0.15) is 45.1 Å². The summed E-state index contributed by atoms with van der Waals surface area (Å²) < 4.78 is 0. The molecule has 0 bridgehead atoms. The van der Waals surface area contributed by atoms with Crippen molar-refractivity contribution in [1.82, 2.24) is 5.32 Å². The Labute approximate surface area is 114 Å². The van der Waals surface area contributed by atoms with E-state index < -0.39 is 0 Å². The van der Waals surface area contributed by atoms with Gasteiger partial charge in [0.05, 0.1) is 5.41 Å². The quantitative estimate of drug-likeness (QED) is 0.884. The molecule has 1 amide bonds. The molecular formula is C15H20ClNO. The Morgan fingerprint density at radius 3 is 2.72 bits per heavy atom. The van der Waals surface area contributed by atoms with Crippen molar-refractivity contribution in [3.63, 3.8) is 0 Å². The maximum Gasteiger partial charge on any atom is 0.230 e. The van der Waals surface area contributed by atoms with Gasteiger partial charge in [0, 0.05) is 11.1 Å². The summed E-state index contributed by atoms with van der Waals surface area (Å²) in [4.78, 5) is 12.5. The van der Waals surface area contributed by atoms with Gasteiger partial charge in [-0.1, -0.05) is 37.1 Å². The van der Waals surface area contributed by atoms with Crippen molar-refractivity contribution >= 4 is 17.5 Å². The van der Waals surface area contributed by atoms with E-state index in [-0.39, 0.29) is 17.4 Å². The highest BCUT2D eigenvalue weighted by atomic mass is 35.5. The van der Waals surface area contributed by atoms with E-state index in [1.807, 2.05) is 31.2 Å². The van der Waals surface area contributed by atoms with Gasteiger partial charge in [0.2, 0.25) is 5.91 Å². The minimum atomic E-state index is -0.339. The first-order chi connectivity index (χ1) is 8.58. The summed E-state index contributed by atoms with van der Waals surface area (Å²) in [6.07, 6.45) is 3.92. The van der Waals surface area contributed by atoms with Gasteiger partial charge in [-0.25, -0.2) is 0 Å². The molecule has 1 aliphatic carbocycles. The van der Waals surface area contributed by atoms with Crippen LogP contribution in [0.2, 0.25) is 5.02 Å². The molecule has 0 aromatic heterocycles. The number of hydrogen-bond acceptors (Lipinski definition) is 1. The number of halogens is 1. The lowest BCUT2D eigenvalue weighted by Crippen LogP contribution is -2.51. The van der Waals surface area contributed by atoms with Crippen molar-refractivity contribution < 1.29 is 4.79 Å². The SMILES string of the molecule is CCC(C)NC(=O)C1(c2cccc(Cl)c2)CCC1. The second kappa shape index (κ2) is 5.31. The Hall–Kier alpha value is -1.02. The zero-order chi connectivity index (χ0) is 13.2. The molecule has 18 heavy (non-hydrogen) atoms. The van der Waals surface area contributed by atoms with E-state index in [0.29, 0.717) is 5.02 Å². The van der Waals surface area contributed by atoms with Crippen LogP contribution in [-0.2, 0) is 10.2 Å². The van der Waals surface area contributed by atoms with Gasteiger partial charge in [-0.3, -0.25) is 4.79 Å². The molecule has 0 aliphatic heterocycles. The lowest BCUT2D eigenvalue weighted by Gasteiger charge is -2.41. The van der Waals surface area contributed by atoms with Gasteiger partial charge in [-0.2, -0.15) is 0 Å². The summed E-state index contributed by atoms with van der Waals surface area (Å²) in [5, 5.41) is 3.81. The fourth-order valence-corrected chi connectivity index (χ4v) is 2.62. The molecule has 1 aromatic rings. The summed E-state index contributed by atoms with van der Waals surface area (Å²) in [6.45, 7) is 4.13. The topological polar surface area (TPSA) is 29.1 Å². The minimum Gasteiger partial charge on any atom is -0.353 e. The van der Waals surface area contributed by atoms with Gasteiger partial charge in [-0.15, -0.1) is 0 Å². The molecule has 2 rings (SSSR count). The van der Waals surface area contributed by atoms with Crippen molar-refractivity contribution in [3.05, 3.63) is 34.9 Å². The van der Waals surface area contributed by atoms with Crippen molar-refractivity contribution in [2.75, 3.05) is 0 Å². The highest BCUT2D eigenvalue weighted by Crippen LogP contribution is 2.44. The fraction of sp³-hybridized carbons (Fsp3) is 0.533. The van der Waals surface area contributed by atoms with Gasteiger partial charge in [-0.05, 0) is 43.9 Å². The molecule has 98 valence electrons. The number of nitrogens with one attached hydrogen (secondary N) is 1. The van der Waals surface area contributed by atoms with Gasteiger partial charge in [0.1, 0.15) is 0 Å². The number of rotatable bonds is 4. The normalized spacial score (nSPS) is 18.8. The Balaban J connectivity index is 2.23. The van der Waals surface area contributed by atoms with Crippen LogP contribution in [0.5, 0.6) is 0 Å². The first-order valence-electron chi connectivity index (χ1n) is 6.65.